The van der Waals surface area contributed by atoms with Gasteiger partial charge in [-0.2, -0.15) is 0 Å². The largest absolute Gasteiger partial charge is 0.454 e. The SMILES string of the molecule is Cc1cc(NC(=O)CC(C)CCNS(=O)(=O)C(C)C)cc2c1OCO2. The maximum absolute atomic E-state index is 12.2. The first-order valence-corrected chi connectivity index (χ1v) is 9.92. The van der Waals surface area contributed by atoms with Crippen LogP contribution in [0.5, 0.6) is 11.5 Å². The van der Waals surface area contributed by atoms with Crippen molar-refractivity contribution in [2.75, 3.05) is 18.7 Å². The van der Waals surface area contributed by atoms with Crippen molar-refractivity contribution in [3.8, 4) is 11.5 Å². The van der Waals surface area contributed by atoms with Gasteiger partial charge in [0.05, 0.1) is 5.25 Å². The predicted molar refractivity (Wildman–Crippen MR) is 96.4 cm³/mol. The highest BCUT2D eigenvalue weighted by Gasteiger charge is 2.19. The molecule has 0 saturated heterocycles. The number of hydrogen-bond acceptors (Lipinski definition) is 5. The van der Waals surface area contributed by atoms with Crippen molar-refractivity contribution in [3.05, 3.63) is 17.7 Å². The minimum atomic E-state index is -3.26. The van der Waals surface area contributed by atoms with Crippen molar-refractivity contribution in [1.29, 1.82) is 0 Å². The number of carbonyl (C=O) groups is 1. The van der Waals surface area contributed by atoms with Crippen LogP contribution in [0.15, 0.2) is 12.1 Å². The molecule has 0 fully saturated rings. The molecule has 0 aliphatic carbocycles. The topological polar surface area (TPSA) is 93.7 Å². The Balaban J connectivity index is 1.81. The number of anilines is 1. The zero-order valence-electron chi connectivity index (χ0n) is 15.1. The van der Waals surface area contributed by atoms with Crippen LogP contribution in [-0.2, 0) is 14.8 Å². The van der Waals surface area contributed by atoms with Gasteiger partial charge < -0.3 is 14.8 Å². The van der Waals surface area contributed by atoms with Crippen molar-refractivity contribution < 1.29 is 22.7 Å². The first-order valence-electron chi connectivity index (χ1n) is 8.37. The zero-order chi connectivity index (χ0) is 18.6. The number of fused-ring (bicyclic) bond motifs is 1. The summed E-state index contributed by atoms with van der Waals surface area (Å²) in [4.78, 5) is 12.2. The molecule has 2 rings (SSSR count). The second-order valence-electron chi connectivity index (χ2n) is 6.66. The van der Waals surface area contributed by atoms with E-state index in [9.17, 15) is 13.2 Å². The summed E-state index contributed by atoms with van der Waals surface area (Å²) in [5, 5.41) is 2.40. The normalized spacial score (nSPS) is 14.6. The molecule has 1 aromatic rings. The Morgan fingerprint density at radius 1 is 1.24 bits per heavy atom. The second-order valence-corrected chi connectivity index (χ2v) is 8.98. The van der Waals surface area contributed by atoms with E-state index < -0.39 is 15.3 Å². The molecule has 2 N–H and O–H groups in total. The van der Waals surface area contributed by atoms with Crippen LogP contribution in [0.1, 0.15) is 39.2 Å². The number of hydrogen-bond donors (Lipinski definition) is 2. The van der Waals surface area contributed by atoms with E-state index in [2.05, 4.69) is 10.0 Å². The average molecular weight is 370 g/mol. The fraction of sp³-hybridized carbons (Fsp3) is 0.588. The quantitative estimate of drug-likeness (QED) is 0.733. The van der Waals surface area contributed by atoms with Gasteiger partial charge in [0.25, 0.3) is 0 Å². The van der Waals surface area contributed by atoms with Crippen molar-refractivity contribution in [2.45, 2.75) is 45.8 Å². The molecule has 1 unspecified atom stereocenters. The van der Waals surface area contributed by atoms with E-state index in [0.717, 1.165) is 5.56 Å². The maximum atomic E-state index is 12.2. The summed E-state index contributed by atoms with van der Waals surface area (Å²) < 4.78 is 36.6. The lowest BCUT2D eigenvalue weighted by Crippen LogP contribution is -2.32. The molecule has 25 heavy (non-hydrogen) atoms. The molecule has 140 valence electrons. The van der Waals surface area contributed by atoms with Crippen LogP contribution in [0.4, 0.5) is 5.69 Å². The van der Waals surface area contributed by atoms with Gasteiger partial charge in [-0.15, -0.1) is 0 Å². The Morgan fingerprint density at radius 3 is 2.64 bits per heavy atom. The molecule has 1 aliphatic heterocycles. The van der Waals surface area contributed by atoms with Crippen molar-refractivity contribution >= 4 is 21.6 Å². The Labute approximate surface area is 149 Å². The third-order valence-electron chi connectivity index (χ3n) is 4.04. The molecule has 0 aromatic heterocycles. The highest BCUT2D eigenvalue weighted by molar-refractivity contribution is 7.90. The highest BCUT2D eigenvalue weighted by atomic mass is 32.2. The molecule has 1 amide bonds. The third-order valence-corrected chi connectivity index (χ3v) is 5.88. The van der Waals surface area contributed by atoms with Gasteiger partial charge in [-0.1, -0.05) is 6.92 Å². The van der Waals surface area contributed by atoms with Crippen LogP contribution in [0.2, 0.25) is 0 Å². The third kappa shape index (κ3) is 5.34. The average Bonchev–Trinajstić information content (AvgIpc) is 2.95. The molecule has 0 radical (unpaired) electrons. The molecule has 1 atom stereocenters. The predicted octanol–water partition coefficient (Wildman–Crippen LogP) is 2.41. The molecule has 1 aliphatic rings. The van der Waals surface area contributed by atoms with E-state index in [1.165, 1.54) is 0 Å². The van der Waals surface area contributed by atoms with Gasteiger partial charge in [-0.05, 0) is 44.7 Å². The number of rotatable bonds is 8. The van der Waals surface area contributed by atoms with Crippen LogP contribution >= 0.6 is 0 Å². The Hall–Kier alpha value is -1.80. The van der Waals surface area contributed by atoms with E-state index >= 15 is 0 Å². The Bertz CT molecular complexity index is 731. The van der Waals surface area contributed by atoms with Gasteiger partial charge in [0.15, 0.2) is 11.5 Å². The van der Waals surface area contributed by atoms with Crippen LogP contribution in [0.25, 0.3) is 0 Å². The van der Waals surface area contributed by atoms with Gasteiger partial charge in [-0.25, -0.2) is 13.1 Å². The molecule has 8 heteroatoms. The van der Waals surface area contributed by atoms with E-state index in [1.54, 1.807) is 19.9 Å². The molecule has 0 saturated carbocycles. The van der Waals surface area contributed by atoms with E-state index in [4.69, 9.17) is 9.47 Å². The van der Waals surface area contributed by atoms with Crippen molar-refractivity contribution in [1.82, 2.24) is 4.72 Å². The zero-order valence-corrected chi connectivity index (χ0v) is 15.9. The fourth-order valence-corrected chi connectivity index (χ4v) is 3.24. The van der Waals surface area contributed by atoms with Gasteiger partial charge >= 0.3 is 0 Å². The first-order chi connectivity index (χ1) is 11.7. The van der Waals surface area contributed by atoms with Gasteiger partial charge in [-0.3, -0.25) is 4.79 Å². The number of amides is 1. The lowest BCUT2D eigenvalue weighted by Gasteiger charge is -2.14. The molecule has 1 aromatic carbocycles. The number of aryl methyl sites for hydroxylation is 1. The van der Waals surface area contributed by atoms with Crippen LogP contribution in [0, 0.1) is 12.8 Å². The second kappa shape index (κ2) is 8.05. The van der Waals surface area contributed by atoms with E-state index in [-0.39, 0.29) is 18.6 Å². The fourth-order valence-electron chi connectivity index (χ4n) is 2.50. The van der Waals surface area contributed by atoms with Gasteiger partial charge in [0.1, 0.15) is 0 Å². The number of benzene rings is 1. The minimum Gasteiger partial charge on any atom is -0.454 e. The summed E-state index contributed by atoms with van der Waals surface area (Å²) in [5.41, 5.74) is 1.57. The summed E-state index contributed by atoms with van der Waals surface area (Å²) in [6.07, 6.45) is 0.913. The lowest BCUT2D eigenvalue weighted by atomic mass is 10.0. The smallest absolute Gasteiger partial charge is 0.231 e. The van der Waals surface area contributed by atoms with E-state index in [1.807, 2.05) is 19.9 Å². The summed E-state index contributed by atoms with van der Waals surface area (Å²) in [6, 6.07) is 3.58. The highest BCUT2D eigenvalue weighted by Crippen LogP contribution is 2.38. The summed E-state index contributed by atoms with van der Waals surface area (Å²) in [7, 11) is -3.26. The van der Waals surface area contributed by atoms with Gasteiger partial charge in [0.2, 0.25) is 22.7 Å². The Morgan fingerprint density at radius 2 is 1.96 bits per heavy atom. The van der Waals surface area contributed by atoms with Crippen LogP contribution in [-0.4, -0.2) is 32.9 Å². The van der Waals surface area contributed by atoms with Crippen LogP contribution < -0.4 is 19.5 Å². The Kier molecular flexibility index (Phi) is 6.29. The summed E-state index contributed by atoms with van der Waals surface area (Å²) in [5.74, 6) is 1.29. The molecule has 0 bridgehead atoms. The molecular formula is C17H26N2O5S. The van der Waals surface area contributed by atoms with Crippen LogP contribution in [0.3, 0.4) is 0 Å². The van der Waals surface area contributed by atoms with Crippen molar-refractivity contribution in [3.63, 3.8) is 0 Å². The lowest BCUT2D eigenvalue weighted by molar-refractivity contribution is -0.117. The first kappa shape index (κ1) is 19.5. The standard InChI is InChI=1S/C17H26N2O5S/c1-11(2)25(21,22)18-6-5-12(3)7-16(20)19-14-8-13(4)17-15(9-14)23-10-24-17/h8-9,11-12,18H,5-7,10H2,1-4H3,(H,19,20). The summed E-state index contributed by atoms with van der Waals surface area (Å²) >= 11 is 0. The minimum absolute atomic E-state index is 0.0602. The van der Waals surface area contributed by atoms with Gasteiger partial charge in [0, 0.05) is 24.7 Å². The maximum Gasteiger partial charge on any atom is 0.231 e. The van der Waals surface area contributed by atoms with E-state index in [0.29, 0.717) is 36.6 Å². The molecular weight excluding hydrogens is 344 g/mol. The molecule has 0 spiro atoms. The number of sulfonamides is 1. The monoisotopic (exact) mass is 370 g/mol. The summed E-state index contributed by atoms with van der Waals surface area (Å²) in [6.45, 7) is 7.61. The van der Waals surface area contributed by atoms with Crippen molar-refractivity contribution in [2.24, 2.45) is 5.92 Å². The molecule has 1 heterocycles. The number of carbonyl (C=O) groups excluding carboxylic acids is 1. The number of nitrogens with one attached hydrogen (secondary N) is 2. The number of ether oxygens (including phenoxy) is 2. The molecule has 7 nitrogen and oxygen atoms in total.